The van der Waals surface area contributed by atoms with Gasteiger partial charge in [-0.15, -0.1) is 0 Å². The van der Waals surface area contributed by atoms with Crippen molar-refractivity contribution in [2.24, 2.45) is 0 Å². The Hall–Kier alpha value is -1.05. The third kappa shape index (κ3) is 6.84. The van der Waals surface area contributed by atoms with Crippen LogP contribution >= 0.6 is 0 Å². The third-order valence-corrected chi connectivity index (χ3v) is 1.20. The highest BCUT2D eigenvalue weighted by Crippen LogP contribution is 1.97. The highest BCUT2D eigenvalue weighted by molar-refractivity contribution is 5.68. The maximum Gasteiger partial charge on any atom is 0.307 e. The van der Waals surface area contributed by atoms with Crippen LogP contribution in [-0.4, -0.2) is 11.1 Å². The van der Waals surface area contributed by atoms with E-state index in [4.69, 9.17) is 5.11 Å². The Bertz CT molecular complexity index is 178. The van der Waals surface area contributed by atoms with Crippen molar-refractivity contribution in [3.8, 4) is 0 Å². The predicted molar refractivity (Wildman–Crippen MR) is 45.4 cm³/mol. The van der Waals surface area contributed by atoms with Crippen molar-refractivity contribution in [1.29, 1.82) is 0 Å². The Morgan fingerprint density at radius 3 is 2.64 bits per heavy atom. The van der Waals surface area contributed by atoms with Crippen LogP contribution in [0.5, 0.6) is 0 Å². The zero-order chi connectivity index (χ0) is 8.69. The zero-order valence-electron chi connectivity index (χ0n) is 7.00. The largest absolute Gasteiger partial charge is 0.481 e. The van der Waals surface area contributed by atoms with Crippen LogP contribution in [0.15, 0.2) is 23.8 Å². The molecule has 0 aromatic rings. The molecule has 1 N–H and O–H groups in total. The van der Waals surface area contributed by atoms with Crippen molar-refractivity contribution < 1.29 is 9.90 Å². The van der Waals surface area contributed by atoms with E-state index >= 15 is 0 Å². The summed E-state index contributed by atoms with van der Waals surface area (Å²) in [5.41, 5.74) is 1.12. The molecule has 62 valence electrons. The fraction of sp³-hybridized carbons (Fsp3) is 0.444. The SMILES string of the molecule is CC/C=C(\C)C=CCC(=O)O. The lowest BCUT2D eigenvalue weighted by Gasteiger charge is -1.88. The highest BCUT2D eigenvalue weighted by atomic mass is 16.4. The number of rotatable bonds is 4. The van der Waals surface area contributed by atoms with Gasteiger partial charge in [0.2, 0.25) is 0 Å². The fourth-order valence-corrected chi connectivity index (χ4v) is 0.736. The molecule has 0 aromatic carbocycles. The van der Waals surface area contributed by atoms with Gasteiger partial charge in [0.1, 0.15) is 0 Å². The Labute approximate surface area is 67.2 Å². The lowest BCUT2D eigenvalue weighted by Crippen LogP contribution is -1.89. The normalized spacial score (nSPS) is 12.4. The number of carboxylic acid groups (broad SMARTS) is 1. The van der Waals surface area contributed by atoms with Crippen LogP contribution in [0, 0.1) is 0 Å². The number of aliphatic carboxylic acids is 1. The first kappa shape index (κ1) is 9.95. The Morgan fingerprint density at radius 1 is 1.55 bits per heavy atom. The van der Waals surface area contributed by atoms with Gasteiger partial charge in [0, 0.05) is 0 Å². The molecule has 0 aliphatic carbocycles. The van der Waals surface area contributed by atoms with Crippen LogP contribution in [0.3, 0.4) is 0 Å². The summed E-state index contributed by atoms with van der Waals surface area (Å²) in [6.07, 6.45) is 6.64. The molecule has 0 radical (unpaired) electrons. The van der Waals surface area contributed by atoms with E-state index in [9.17, 15) is 4.79 Å². The molecule has 0 heterocycles. The average Bonchev–Trinajstić information content (AvgIpc) is 1.87. The molecule has 0 aromatic heterocycles. The van der Waals surface area contributed by atoms with Gasteiger partial charge in [-0.05, 0) is 13.3 Å². The molecule has 0 aliphatic rings. The monoisotopic (exact) mass is 154 g/mol. The smallest absolute Gasteiger partial charge is 0.307 e. The lowest BCUT2D eigenvalue weighted by molar-refractivity contribution is -0.135. The van der Waals surface area contributed by atoms with Crippen molar-refractivity contribution in [1.82, 2.24) is 0 Å². The van der Waals surface area contributed by atoms with Crippen molar-refractivity contribution in [3.05, 3.63) is 23.8 Å². The number of hydrogen-bond donors (Lipinski definition) is 1. The van der Waals surface area contributed by atoms with E-state index in [0.29, 0.717) is 0 Å². The summed E-state index contributed by atoms with van der Waals surface area (Å²) < 4.78 is 0. The molecule has 0 amide bonds. The standard InChI is InChI=1S/C9H14O2/c1-3-5-8(2)6-4-7-9(10)11/h4-6H,3,7H2,1-2H3,(H,10,11)/b6-4?,8-5+. The van der Waals surface area contributed by atoms with E-state index in [0.717, 1.165) is 12.0 Å². The minimum atomic E-state index is -0.787. The van der Waals surface area contributed by atoms with Gasteiger partial charge in [-0.3, -0.25) is 4.79 Å². The van der Waals surface area contributed by atoms with E-state index in [-0.39, 0.29) is 6.42 Å². The van der Waals surface area contributed by atoms with Gasteiger partial charge in [0.15, 0.2) is 0 Å². The molecule has 2 nitrogen and oxygen atoms in total. The summed E-state index contributed by atoms with van der Waals surface area (Å²) in [4.78, 5) is 10.1. The maximum atomic E-state index is 10.1. The Kier molecular flexibility index (Phi) is 5.17. The van der Waals surface area contributed by atoms with Crippen LogP contribution in [0.4, 0.5) is 0 Å². The van der Waals surface area contributed by atoms with Crippen LogP contribution in [-0.2, 0) is 4.79 Å². The first-order chi connectivity index (χ1) is 5.16. The molecule has 0 bridgehead atoms. The Balaban J connectivity index is 3.74. The summed E-state index contributed by atoms with van der Waals surface area (Å²) in [5, 5.41) is 8.29. The van der Waals surface area contributed by atoms with Crippen molar-refractivity contribution in [2.75, 3.05) is 0 Å². The van der Waals surface area contributed by atoms with Gasteiger partial charge in [-0.25, -0.2) is 0 Å². The summed E-state index contributed by atoms with van der Waals surface area (Å²) >= 11 is 0. The number of allylic oxidation sites excluding steroid dienone is 3. The quantitative estimate of drug-likeness (QED) is 0.631. The maximum absolute atomic E-state index is 10.1. The second-order valence-corrected chi connectivity index (χ2v) is 2.36. The van der Waals surface area contributed by atoms with Gasteiger partial charge < -0.3 is 5.11 Å². The second kappa shape index (κ2) is 5.71. The first-order valence-corrected chi connectivity index (χ1v) is 3.72. The van der Waals surface area contributed by atoms with Crippen LogP contribution in [0.1, 0.15) is 26.7 Å². The molecular weight excluding hydrogens is 140 g/mol. The van der Waals surface area contributed by atoms with E-state index in [1.807, 2.05) is 13.0 Å². The summed E-state index contributed by atoms with van der Waals surface area (Å²) in [6, 6.07) is 0. The van der Waals surface area contributed by atoms with Crippen molar-refractivity contribution in [2.45, 2.75) is 26.7 Å². The number of carboxylic acids is 1. The van der Waals surface area contributed by atoms with E-state index < -0.39 is 5.97 Å². The Morgan fingerprint density at radius 2 is 2.18 bits per heavy atom. The minimum absolute atomic E-state index is 0.106. The number of carbonyl (C=O) groups is 1. The number of hydrogen-bond acceptors (Lipinski definition) is 1. The second-order valence-electron chi connectivity index (χ2n) is 2.36. The van der Waals surface area contributed by atoms with Crippen LogP contribution < -0.4 is 0 Å². The fourth-order valence-electron chi connectivity index (χ4n) is 0.736. The van der Waals surface area contributed by atoms with Gasteiger partial charge in [0.25, 0.3) is 0 Å². The summed E-state index contributed by atoms with van der Waals surface area (Å²) in [7, 11) is 0. The van der Waals surface area contributed by atoms with E-state index in [1.54, 1.807) is 6.08 Å². The van der Waals surface area contributed by atoms with Gasteiger partial charge in [0.05, 0.1) is 6.42 Å². The average molecular weight is 154 g/mol. The van der Waals surface area contributed by atoms with Gasteiger partial charge in [-0.1, -0.05) is 30.7 Å². The highest BCUT2D eigenvalue weighted by Gasteiger charge is 1.88. The van der Waals surface area contributed by atoms with Crippen LogP contribution in [0.25, 0.3) is 0 Å². The molecular formula is C9H14O2. The van der Waals surface area contributed by atoms with E-state index in [1.165, 1.54) is 0 Å². The molecule has 11 heavy (non-hydrogen) atoms. The first-order valence-electron chi connectivity index (χ1n) is 3.72. The lowest BCUT2D eigenvalue weighted by atomic mass is 10.2. The minimum Gasteiger partial charge on any atom is -0.481 e. The van der Waals surface area contributed by atoms with Gasteiger partial charge >= 0.3 is 5.97 Å². The molecule has 0 saturated carbocycles. The molecule has 0 rings (SSSR count). The third-order valence-electron chi connectivity index (χ3n) is 1.20. The summed E-state index contributed by atoms with van der Waals surface area (Å²) in [6.45, 7) is 4.01. The molecule has 0 spiro atoms. The van der Waals surface area contributed by atoms with Crippen LogP contribution in [0.2, 0.25) is 0 Å². The molecule has 0 aliphatic heterocycles. The molecule has 0 saturated heterocycles. The van der Waals surface area contributed by atoms with Crippen molar-refractivity contribution in [3.63, 3.8) is 0 Å². The van der Waals surface area contributed by atoms with Crippen molar-refractivity contribution >= 4 is 5.97 Å². The predicted octanol–water partition coefficient (Wildman–Crippen LogP) is 2.37. The van der Waals surface area contributed by atoms with Gasteiger partial charge in [-0.2, -0.15) is 0 Å². The molecule has 2 heteroatoms. The zero-order valence-corrected chi connectivity index (χ0v) is 7.00. The van der Waals surface area contributed by atoms with E-state index in [2.05, 4.69) is 13.0 Å². The topological polar surface area (TPSA) is 37.3 Å². The molecule has 0 fully saturated rings. The molecule has 0 unspecified atom stereocenters. The molecule has 0 atom stereocenters. The summed E-state index contributed by atoms with van der Waals surface area (Å²) in [5.74, 6) is -0.787.